The molecule has 5 heteroatoms. The van der Waals surface area contributed by atoms with Gasteiger partial charge in [0, 0.05) is 0 Å². The molecular formula is C11H11N3O2. The Morgan fingerprint density at radius 2 is 2.06 bits per heavy atom. The molecule has 2 rings (SSSR count). The molecule has 0 aliphatic carbocycles. The standard InChI is InChI=1S/C11H11N3O2/c1-2-9-8-13(12-11(9)14(15)16)10-6-4-3-5-7-10/h3-8H,2H2,1H3. The van der Waals surface area contributed by atoms with Crippen molar-refractivity contribution in [1.82, 2.24) is 9.78 Å². The van der Waals surface area contributed by atoms with Crippen molar-refractivity contribution in [2.45, 2.75) is 13.3 Å². The fraction of sp³-hybridized carbons (Fsp3) is 0.182. The second-order valence-electron chi connectivity index (χ2n) is 3.37. The van der Waals surface area contributed by atoms with Crippen LogP contribution >= 0.6 is 0 Å². The van der Waals surface area contributed by atoms with Gasteiger partial charge in [-0.1, -0.05) is 25.1 Å². The normalized spacial score (nSPS) is 10.3. The first-order valence-electron chi connectivity index (χ1n) is 5.00. The average molecular weight is 217 g/mol. The highest BCUT2D eigenvalue weighted by molar-refractivity contribution is 5.37. The number of aromatic nitrogens is 2. The van der Waals surface area contributed by atoms with Gasteiger partial charge in [-0.05, 0) is 23.5 Å². The molecule has 0 aliphatic rings. The van der Waals surface area contributed by atoms with E-state index in [0.717, 1.165) is 5.69 Å². The number of aryl methyl sites for hydroxylation is 1. The summed E-state index contributed by atoms with van der Waals surface area (Å²) in [6, 6.07) is 9.34. The van der Waals surface area contributed by atoms with Crippen LogP contribution in [0.25, 0.3) is 5.69 Å². The van der Waals surface area contributed by atoms with Crippen LogP contribution in [0.5, 0.6) is 0 Å². The fourth-order valence-electron chi connectivity index (χ4n) is 1.52. The zero-order chi connectivity index (χ0) is 11.5. The van der Waals surface area contributed by atoms with E-state index in [0.29, 0.717) is 12.0 Å². The molecule has 0 N–H and O–H groups in total. The molecule has 1 aromatic carbocycles. The number of para-hydroxylation sites is 1. The molecule has 1 heterocycles. The van der Waals surface area contributed by atoms with Crippen LogP contribution in [-0.4, -0.2) is 14.7 Å². The van der Waals surface area contributed by atoms with Crippen LogP contribution in [0.1, 0.15) is 12.5 Å². The molecule has 0 aliphatic heterocycles. The van der Waals surface area contributed by atoms with Crippen LogP contribution in [0.2, 0.25) is 0 Å². The molecular weight excluding hydrogens is 206 g/mol. The Labute approximate surface area is 92.5 Å². The van der Waals surface area contributed by atoms with Gasteiger partial charge in [0.25, 0.3) is 0 Å². The van der Waals surface area contributed by atoms with E-state index in [1.54, 1.807) is 6.20 Å². The topological polar surface area (TPSA) is 61.0 Å². The summed E-state index contributed by atoms with van der Waals surface area (Å²) in [6.07, 6.45) is 2.30. The van der Waals surface area contributed by atoms with Crippen LogP contribution in [0.15, 0.2) is 36.5 Å². The molecule has 82 valence electrons. The molecule has 0 amide bonds. The Kier molecular flexibility index (Phi) is 2.68. The summed E-state index contributed by atoms with van der Waals surface area (Å²) in [4.78, 5) is 10.3. The number of benzene rings is 1. The summed E-state index contributed by atoms with van der Waals surface area (Å²) in [5, 5.41) is 14.7. The number of nitrogens with zero attached hydrogens (tertiary/aromatic N) is 3. The lowest BCUT2D eigenvalue weighted by molar-refractivity contribution is -0.390. The largest absolute Gasteiger partial charge is 0.393 e. The lowest BCUT2D eigenvalue weighted by Gasteiger charge is -1.93. The second-order valence-corrected chi connectivity index (χ2v) is 3.37. The first-order valence-corrected chi connectivity index (χ1v) is 5.00. The maximum Gasteiger partial charge on any atom is 0.393 e. The highest BCUT2D eigenvalue weighted by atomic mass is 16.6. The van der Waals surface area contributed by atoms with Gasteiger partial charge >= 0.3 is 5.82 Å². The van der Waals surface area contributed by atoms with Crippen molar-refractivity contribution in [3.05, 3.63) is 52.2 Å². The van der Waals surface area contributed by atoms with Gasteiger partial charge in [0.15, 0.2) is 0 Å². The van der Waals surface area contributed by atoms with E-state index in [4.69, 9.17) is 0 Å². The van der Waals surface area contributed by atoms with Crippen LogP contribution in [-0.2, 0) is 6.42 Å². The molecule has 1 aromatic heterocycles. The second kappa shape index (κ2) is 4.14. The van der Waals surface area contributed by atoms with Crippen molar-refractivity contribution < 1.29 is 4.92 Å². The molecule has 0 spiro atoms. The summed E-state index contributed by atoms with van der Waals surface area (Å²) in [7, 11) is 0. The van der Waals surface area contributed by atoms with Gasteiger partial charge in [0.1, 0.15) is 0 Å². The summed E-state index contributed by atoms with van der Waals surface area (Å²) < 4.78 is 1.54. The van der Waals surface area contributed by atoms with Crippen molar-refractivity contribution in [1.29, 1.82) is 0 Å². The summed E-state index contributed by atoms with van der Waals surface area (Å²) >= 11 is 0. The van der Waals surface area contributed by atoms with Crippen LogP contribution in [0.3, 0.4) is 0 Å². The molecule has 0 radical (unpaired) electrons. The summed E-state index contributed by atoms with van der Waals surface area (Å²) in [5.41, 5.74) is 1.47. The first kappa shape index (κ1) is 10.4. The zero-order valence-corrected chi connectivity index (χ0v) is 8.83. The van der Waals surface area contributed by atoms with E-state index in [-0.39, 0.29) is 5.82 Å². The molecule has 0 saturated carbocycles. The lowest BCUT2D eigenvalue weighted by atomic mass is 10.2. The average Bonchev–Trinajstić information content (AvgIpc) is 2.74. The molecule has 0 bridgehead atoms. The predicted molar refractivity (Wildman–Crippen MR) is 59.6 cm³/mol. The smallest absolute Gasteiger partial charge is 0.358 e. The van der Waals surface area contributed by atoms with E-state index in [2.05, 4.69) is 5.10 Å². The van der Waals surface area contributed by atoms with Crippen molar-refractivity contribution >= 4 is 5.82 Å². The van der Waals surface area contributed by atoms with E-state index in [1.807, 2.05) is 37.3 Å². The van der Waals surface area contributed by atoms with Gasteiger partial charge < -0.3 is 10.1 Å². The third-order valence-corrected chi connectivity index (χ3v) is 2.34. The number of nitro groups is 1. The first-order chi connectivity index (χ1) is 7.72. The third kappa shape index (κ3) is 1.79. The van der Waals surface area contributed by atoms with Crippen LogP contribution < -0.4 is 0 Å². The Morgan fingerprint density at radius 3 is 2.56 bits per heavy atom. The van der Waals surface area contributed by atoms with Gasteiger partial charge in [0.05, 0.1) is 22.5 Å². The Morgan fingerprint density at radius 1 is 1.38 bits per heavy atom. The minimum absolute atomic E-state index is 0.0636. The highest BCUT2D eigenvalue weighted by Gasteiger charge is 2.19. The maximum absolute atomic E-state index is 10.8. The van der Waals surface area contributed by atoms with E-state index in [9.17, 15) is 10.1 Å². The molecule has 16 heavy (non-hydrogen) atoms. The molecule has 0 unspecified atom stereocenters. The van der Waals surface area contributed by atoms with Crippen molar-refractivity contribution in [2.24, 2.45) is 0 Å². The Balaban J connectivity index is 2.48. The van der Waals surface area contributed by atoms with Gasteiger partial charge in [-0.25, -0.2) is 0 Å². The maximum atomic E-state index is 10.8. The Bertz CT molecular complexity index is 505. The van der Waals surface area contributed by atoms with Crippen LogP contribution in [0, 0.1) is 10.1 Å². The lowest BCUT2D eigenvalue weighted by Crippen LogP contribution is -1.96. The molecule has 0 saturated heterocycles. The van der Waals surface area contributed by atoms with Crippen molar-refractivity contribution in [3.8, 4) is 5.69 Å². The van der Waals surface area contributed by atoms with E-state index >= 15 is 0 Å². The minimum atomic E-state index is -0.446. The van der Waals surface area contributed by atoms with Crippen molar-refractivity contribution in [3.63, 3.8) is 0 Å². The van der Waals surface area contributed by atoms with Gasteiger partial charge in [-0.2, -0.15) is 0 Å². The number of hydrogen-bond donors (Lipinski definition) is 0. The third-order valence-electron chi connectivity index (χ3n) is 2.34. The zero-order valence-electron chi connectivity index (χ0n) is 8.83. The number of rotatable bonds is 3. The SMILES string of the molecule is CCc1cn(-c2ccccc2)nc1[N+](=O)[O-]. The summed E-state index contributed by atoms with van der Waals surface area (Å²) in [6.45, 7) is 1.87. The van der Waals surface area contributed by atoms with E-state index < -0.39 is 4.92 Å². The van der Waals surface area contributed by atoms with Crippen molar-refractivity contribution in [2.75, 3.05) is 0 Å². The Hall–Kier alpha value is -2.17. The quantitative estimate of drug-likeness (QED) is 0.585. The monoisotopic (exact) mass is 217 g/mol. The summed E-state index contributed by atoms with van der Waals surface area (Å²) in [5.74, 6) is -0.0636. The molecule has 2 aromatic rings. The molecule has 5 nitrogen and oxygen atoms in total. The van der Waals surface area contributed by atoms with Crippen LogP contribution in [0.4, 0.5) is 5.82 Å². The highest BCUT2D eigenvalue weighted by Crippen LogP contribution is 2.18. The number of hydrogen-bond acceptors (Lipinski definition) is 3. The van der Waals surface area contributed by atoms with Gasteiger partial charge in [0.2, 0.25) is 0 Å². The molecule has 0 fully saturated rings. The van der Waals surface area contributed by atoms with Gasteiger partial charge in [-0.3, -0.25) is 0 Å². The minimum Gasteiger partial charge on any atom is -0.358 e. The van der Waals surface area contributed by atoms with Gasteiger partial charge in [-0.15, -0.1) is 4.68 Å². The predicted octanol–water partition coefficient (Wildman–Crippen LogP) is 2.34. The van der Waals surface area contributed by atoms with E-state index in [1.165, 1.54) is 4.68 Å². The fourth-order valence-corrected chi connectivity index (χ4v) is 1.52. The molecule has 0 atom stereocenters.